The van der Waals surface area contributed by atoms with Crippen LogP contribution in [0.2, 0.25) is 0 Å². The Morgan fingerprint density at radius 2 is 1.83 bits per heavy atom. The zero-order valence-electron chi connectivity index (χ0n) is 15.4. The van der Waals surface area contributed by atoms with Crippen molar-refractivity contribution < 1.29 is 28.2 Å². The molecule has 0 spiro atoms. The normalized spacial score (nSPS) is 12.5. The van der Waals surface area contributed by atoms with Crippen molar-refractivity contribution in [1.29, 1.82) is 0 Å². The number of halogens is 4. The number of hydrogen-bond donors (Lipinski definition) is 2. The number of aliphatic carboxylic acids is 1. The third-order valence-corrected chi connectivity index (χ3v) is 4.37. The SMILES string of the molecule is Cl.O=C(O)CCC(O)=c1c(=O)cc(CCc2cccc(C(F)(F)F)c2)c2ncnn12. The van der Waals surface area contributed by atoms with Crippen molar-refractivity contribution in [3.8, 4) is 0 Å². The molecule has 2 N–H and O–H groups in total. The molecular weight excluding hydrogens is 427 g/mol. The molecule has 2 heterocycles. The maximum atomic E-state index is 12.9. The Morgan fingerprint density at radius 3 is 2.50 bits per heavy atom. The van der Waals surface area contributed by atoms with Gasteiger partial charge in [-0.1, -0.05) is 18.2 Å². The number of benzene rings is 1. The summed E-state index contributed by atoms with van der Waals surface area (Å²) in [6.45, 7) is 0. The van der Waals surface area contributed by atoms with Gasteiger partial charge in [-0.3, -0.25) is 9.59 Å². The van der Waals surface area contributed by atoms with Crippen molar-refractivity contribution in [2.75, 3.05) is 0 Å². The third kappa shape index (κ3) is 5.07. The van der Waals surface area contributed by atoms with E-state index in [0.29, 0.717) is 11.1 Å². The lowest BCUT2D eigenvalue weighted by Crippen LogP contribution is -2.35. The molecule has 0 unspecified atom stereocenters. The quantitative estimate of drug-likeness (QED) is 0.606. The van der Waals surface area contributed by atoms with Crippen LogP contribution >= 0.6 is 12.4 Å². The van der Waals surface area contributed by atoms with Crippen LogP contribution in [0.25, 0.3) is 11.4 Å². The Bertz CT molecular complexity index is 1180. The first-order chi connectivity index (χ1) is 13.7. The third-order valence-electron chi connectivity index (χ3n) is 4.37. The van der Waals surface area contributed by atoms with Crippen LogP contribution in [0.4, 0.5) is 13.2 Å². The van der Waals surface area contributed by atoms with Gasteiger partial charge in [0.1, 0.15) is 12.1 Å². The van der Waals surface area contributed by atoms with Gasteiger partial charge in [0.2, 0.25) is 5.43 Å². The second kappa shape index (κ2) is 9.12. The molecule has 0 atom stereocenters. The molecule has 0 saturated carbocycles. The van der Waals surface area contributed by atoms with Gasteiger partial charge in [-0.25, -0.2) is 9.50 Å². The number of aliphatic hydroxyl groups is 1. The van der Waals surface area contributed by atoms with E-state index in [1.807, 2.05) is 0 Å². The molecule has 0 saturated heterocycles. The molecule has 0 aliphatic rings. The molecule has 160 valence electrons. The largest absolute Gasteiger partial charge is 0.510 e. The van der Waals surface area contributed by atoms with Crippen LogP contribution in [-0.2, 0) is 23.8 Å². The van der Waals surface area contributed by atoms with E-state index in [9.17, 15) is 27.9 Å². The summed E-state index contributed by atoms with van der Waals surface area (Å²) in [6.07, 6.45) is -3.41. The number of aliphatic hydroxyl groups excluding tert-OH is 1. The molecule has 11 heteroatoms. The molecule has 3 rings (SSSR count). The highest BCUT2D eigenvalue weighted by Gasteiger charge is 2.30. The number of carbonyl (C=O) groups is 1. The summed E-state index contributed by atoms with van der Waals surface area (Å²) in [5, 5.41) is 22.6. The van der Waals surface area contributed by atoms with E-state index in [2.05, 4.69) is 10.1 Å². The van der Waals surface area contributed by atoms with Gasteiger partial charge in [0, 0.05) is 12.0 Å². The maximum Gasteiger partial charge on any atom is 0.416 e. The van der Waals surface area contributed by atoms with Crippen molar-refractivity contribution in [2.45, 2.75) is 31.9 Å². The molecule has 0 aliphatic carbocycles. The van der Waals surface area contributed by atoms with E-state index in [1.165, 1.54) is 18.5 Å². The van der Waals surface area contributed by atoms with Crippen LogP contribution in [0.5, 0.6) is 0 Å². The molecule has 0 fully saturated rings. The number of rotatable bonds is 6. The second-order valence-electron chi connectivity index (χ2n) is 6.42. The smallest absolute Gasteiger partial charge is 0.416 e. The zero-order chi connectivity index (χ0) is 21.2. The average Bonchev–Trinajstić information content (AvgIpc) is 3.13. The van der Waals surface area contributed by atoms with Crippen molar-refractivity contribution in [3.63, 3.8) is 0 Å². The van der Waals surface area contributed by atoms with Crippen LogP contribution in [0.15, 0.2) is 41.5 Å². The summed E-state index contributed by atoms with van der Waals surface area (Å²) in [6, 6.07) is 6.17. The number of alkyl halides is 3. The van der Waals surface area contributed by atoms with Gasteiger partial charge in [-0.05, 0) is 30.5 Å². The number of aromatic nitrogens is 3. The topological polar surface area (TPSA) is 105 Å². The van der Waals surface area contributed by atoms with Gasteiger partial charge in [-0.15, -0.1) is 12.4 Å². The van der Waals surface area contributed by atoms with Crippen molar-refractivity contribution in [1.82, 2.24) is 14.6 Å². The fraction of sp³-hybridized carbons (Fsp3) is 0.263. The van der Waals surface area contributed by atoms with Crippen LogP contribution in [0.3, 0.4) is 0 Å². The Balaban J connectivity index is 0.00000320. The number of carboxylic acids is 1. The summed E-state index contributed by atoms with van der Waals surface area (Å²) >= 11 is 0. The van der Waals surface area contributed by atoms with Crippen molar-refractivity contribution >= 4 is 29.8 Å². The van der Waals surface area contributed by atoms with E-state index in [-0.39, 0.29) is 49.1 Å². The number of hydrogen-bond acceptors (Lipinski definition) is 5. The molecule has 0 bridgehead atoms. The standard InChI is InChI=1S/C19H16F3N3O4.ClH/c20-19(21,22)13-3-1-2-11(8-13)4-5-12-9-15(27)17(14(26)6-7-16(28)29)25-18(12)23-10-24-25;/h1-3,8-10,26H,4-7H2,(H,28,29);1H. The van der Waals surface area contributed by atoms with Crippen LogP contribution in [-0.4, -0.2) is 30.8 Å². The van der Waals surface area contributed by atoms with Crippen molar-refractivity contribution in [3.05, 3.63) is 68.9 Å². The Hall–Kier alpha value is -3.14. The van der Waals surface area contributed by atoms with Gasteiger partial charge in [0.05, 0.1) is 12.0 Å². The van der Waals surface area contributed by atoms with Crippen LogP contribution in [0, 0.1) is 0 Å². The van der Waals surface area contributed by atoms with E-state index >= 15 is 0 Å². The number of fused-ring (bicyclic) bond motifs is 1. The summed E-state index contributed by atoms with van der Waals surface area (Å²) in [5.41, 5.74) is -0.150. The van der Waals surface area contributed by atoms with E-state index in [1.54, 1.807) is 6.07 Å². The molecule has 30 heavy (non-hydrogen) atoms. The molecule has 1 aromatic carbocycles. The molecule has 3 aromatic rings. The van der Waals surface area contributed by atoms with Gasteiger partial charge in [-0.2, -0.15) is 18.3 Å². The number of carboxylic acid groups (broad SMARTS) is 1. The summed E-state index contributed by atoms with van der Waals surface area (Å²) in [7, 11) is 0. The summed E-state index contributed by atoms with van der Waals surface area (Å²) in [5.74, 6) is -1.55. The minimum atomic E-state index is -4.44. The predicted molar refractivity (Wildman–Crippen MR) is 103 cm³/mol. The first kappa shape index (κ1) is 23.1. The van der Waals surface area contributed by atoms with Gasteiger partial charge in [0.25, 0.3) is 0 Å². The van der Waals surface area contributed by atoms with Crippen LogP contribution in [0.1, 0.15) is 29.5 Å². The van der Waals surface area contributed by atoms with Gasteiger partial charge >= 0.3 is 12.1 Å². The first-order valence-corrected chi connectivity index (χ1v) is 8.62. The zero-order valence-corrected chi connectivity index (χ0v) is 16.2. The highest BCUT2D eigenvalue weighted by atomic mass is 35.5. The van der Waals surface area contributed by atoms with E-state index in [4.69, 9.17) is 5.11 Å². The Labute approximate surface area is 173 Å². The summed E-state index contributed by atoms with van der Waals surface area (Å²) in [4.78, 5) is 27.2. The van der Waals surface area contributed by atoms with Gasteiger partial charge < -0.3 is 10.2 Å². The monoisotopic (exact) mass is 443 g/mol. The molecular formula is C19H17ClF3N3O4. The minimum Gasteiger partial charge on any atom is -0.510 e. The lowest BCUT2D eigenvalue weighted by Gasteiger charge is -2.09. The molecule has 7 nitrogen and oxygen atoms in total. The number of nitrogens with zero attached hydrogens (tertiary/aromatic N) is 3. The van der Waals surface area contributed by atoms with Crippen molar-refractivity contribution in [2.24, 2.45) is 0 Å². The predicted octanol–water partition coefficient (Wildman–Crippen LogP) is 2.57. The lowest BCUT2D eigenvalue weighted by molar-refractivity contribution is -0.138. The van der Waals surface area contributed by atoms with Crippen LogP contribution < -0.4 is 10.8 Å². The number of pyridine rings is 1. The van der Waals surface area contributed by atoms with Gasteiger partial charge in [0.15, 0.2) is 11.0 Å². The second-order valence-corrected chi connectivity index (χ2v) is 6.42. The highest BCUT2D eigenvalue weighted by Crippen LogP contribution is 2.29. The minimum absolute atomic E-state index is 0. The average molecular weight is 444 g/mol. The summed E-state index contributed by atoms with van der Waals surface area (Å²) < 4.78 is 39.7. The highest BCUT2D eigenvalue weighted by molar-refractivity contribution is 5.85. The van der Waals surface area contributed by atoms with E-state index in [0.717, 1.165) is 16.6 Å². The first-order valence-electron chi connectivity index (χ1n) is 8.62. The van der Waals surface area contributed by atoms with E-state index < -0.39 is 28.9 Å². The molecule has 0 radical (unpaired) electrons. The Kier molecular flexibility index (Phi) is 7.04. The molecule has 2 aromatic heterocycles. The fourth-order valence-electron chi connectivity index (χ4n) is 2.99. The Morgan fingerprint density at radius 1 is 1.10 bits per heavy atom. The number of aryl methyl sites for hydroxylation is 2. The maximum absolute atomic E-state index is 12.9. The molecule has 0 aliphatic heterocycles. The lowest BCUT2D eigenvalue weighted by atomic mass is 10.0. The molecule has 0 amide bonds. The fourth-order valence-corrected chi connectivity index (χ4v) is 2.99.